The molecule has 1 saturated carbocycles. The van der Waals surface area contributed by atoms with Gasteiger partial charge in [-0.05, 0) is 53.5 Å². The average molecular weight is 346 g/mol. The van der Waals surface area contributed by atoms with Crippen molar-refractivity contribution < 1.29 is 24.2 Å². The Labute approximate surface area is 143 Å². The Balaban J connectivity index is 1.74. The largest absolute Gasteiger partial charge is 0.481 e. The van der Waals surface area contributed by atoms with Gasteiger partial charge in [0.25, 0.3) is 0 Å². The van der Waals surface area contributed by atoms with Crippen molar-refractivity contribution in [1.82, 2.24) is 0 Å². The van der Waals surface area contributed by atoms with Crippen LogP contribution < -0.4 is 0 Å². The maximum absolute atomic E-state index is 12.5. The third kappa shape index (κ3) is 3.48. The van der Waals surface area contributed by atoms with E-state index in [1.807, 2.05) is 16.8 Å². The maximum atomic E-state index is 12.5. The number of esters is 1. The summed E-state index contributed by atoms with van der Waals surface area (Å²) in [7, 11) is 0. The van der Waals surface area contributed by atoms with Crippen LogP contribution >= 0.6 is 11.3 Å². The molecule has 1 fully saturated rings. The summed E-state index contributed by atoms with van der Waals surface area (Å²) in [4.78, 5) is 35.8. The number of thiophene rings is 1. The molecule has 2 aliphatic rings. The van der Waals surface area contributed by atoms with E-state index in [-0.39, 0.29) is 5.78 Å². The van der Waals surface area contributed by atoms with Gasteiger partial charge in [-0.1, -0.05) is 12.8 Å². The third-order valence-electron chi connectivity index (χ3n) is 4.51. The molecule has 3 atom stereocenters. The molecular formula is C18H18O5S. The van der Waals surface area contributed by atoms with E-state index >= 15 is 0 Å². The Morgan fingerprint density at radius 1 is 1.25 bits per heavy atom. The first-order valence-corrected chi connectivity index (χ1v) is 8.90. The van der Waals surface area contributed by atoms with Crippen molar-refractivity contribution in [3.8, 4) is 0 Å². The van der Waals surface area contributed by atoms with Crippen molar-refractivity contribution in [3.63, 3.8) is 0 Å². The number of rotatable bonds is 4. The first-order valence-electron chi connectivity index (χ1n) is 7.96. The molecule has 0 bridgehead atoms. The molecule has 0 amide bonds. The predicted molar refractivity (Wildman–Crippen MR) is 89.4 cm³/mol. The highest BCUT2D eigenvalue weighted by molar-refractivity contribution is 7.08. The summed E-state index contributed by atoms with van der Waals surface area (Å²) >= 11 is 1.52. The van der Waals surface area contributed by atoms with Gasteiger partial charge in [0.1, 0.15) is 6.10 Å². The number of ether oxygens (including phenoxy) is 1. The summed E-state index contributed by atoms with van der Waals surface area (Å²) in [6.07, 6.45) is 6.57. The second-order valence-electron chi connectivity index (χ2n) is 6.07. The van der Waals surface area contributed by atoms with Gasteiger partial charge in [0.15, 0.2) is 5.78 Å². The fourth-order valence-electron chi connectivity index (χ4n) is 3.23. The minimum atomic E-state index is -0.955. The van der Waals surface area contributed by atoms with E-state index in [0.29, 0.717) is 18.4 Å². The Morgan fingerprint density at radius 2 is 2.00 bits per heavy atom. The van der Waals surface area contributed by atoms with Gasteiger partial charge in [0.05, 0.1) is 11.8 Å². The molecule has 1 N–H and O–H groups in total. The van der Waals surface area contributed by atoms with Crippen LogP contribution in [0.1, 0.15) is 31.2 Å². The summed E-state index contributed by atoms with van der Waals surface area (Å²) in [5, 5.41) is 13.1. The molecule has 3 rings (SSSR count). The number of carbonyl (C=O) groups excluding carboxylic acids is 2. The normalized spacial score (nSPS) is 28.2. The maximum Gasteiger partial charge on any atom is 0.310 e. The standard InChI is InChI=1S/C18H18O5S/c19-15-5-6-16(14(15)9-11-7-8-24-10-11)23-18(22)13-4-2-1-3-12(13)17(20)21/h5-10,12-13,16H,1-4H2,(H,20,21). The number of carbonyl (C=O) groups is 3. The lowest BCUT2D eigenvalue weighted by atomic mass is 9.79. The predicted octanol–water partition coefficient (Wildman–Crippen LogP) is 3.07. The number of carboxylic acid groups (broad SMARTS) is 1. The first kappa shape index (κ1) is 16.6. The Hall–Kier alpha value is -2.21. The molecule has 0 aromatic carbocycles. The molecule has 24 heavy (non-hydrogen) atoms. The zero-order valence-corrected chi connectivity index (χ0v) is 13.8. The molecule has 2 aliphatic carbocycles. The Morgan fingerprint density at radius 3 is 2.67 bits per heavy atom. The third-order valence-corrected chi connectivity index (χ3v) is 5.21. The highest BCUT2D eigenvalue weighted by Gasteiger charge is 2.38. The van der Waals surface area contributed by atoms with Crippen LogP contribution in [0.15, 0.2) is 34.6 Å². The first-order chi connectivity index (χ1) is 11.6. The van der Waals surface area contributed by atoms with E-state index in [1.165, 1.54) is 17.4 Å². The van der Waals surface area contributed by atoms with Crippen LogP contribution in [0.3, 0.4) is 0 Å². The highest BCUT2D eigenvalue weighted by atomic mass is 32.1. The van der Waals surface area contributed by atoms with E-state index in [0.717, 1.165) is 18.4 Å². The minimum Gasteiger partial charge on any atom is -0.481 e. The van der Waals surface area contributed by atoms with E-state index in [9.17, 15) is 19.5 Å². The molecule has 1 aromatic heterocycles. The van der Waals surface area contributed by atoms with Crippen LogP contribution in [0.25, 0.3) is 6.08 Å². The number of carboxylic acids is 1. The van der Waals surface area contributed by atoms with E-state index in [2.05, 4.69) is 0 Å². The summed E-state index contributed by atoms with van der Waals surface area (Å²) in [6, 6.07) is 1.88. The zero-order valence-electron chi connectivity index (χ0n) is 13.0. The fraction of sp³-hybridized carbons (Fsp3) is 0.389. The molecule has 0 saturated heterocycles. The van der Waals surface area contributed by atoms with Crippen molar-refractivity contribution in [2.45, 2.75) is 31.8 Å². The van der Waals surface area contributed by atoms with Crippen LogP contribution in [0.2, 0.25) is 0 Å². The van der Waals surface area contributed by atoms with E-state index < -0.39 is 29.9 Å². The summed E-state index contributed by atoms with van der Waals surface area (Å²) < 4.78 is 5.49. The summed E-state index contributed by atoms with van der Waals surface area (Å²) in [5.74, 6) is -3.00. The fourth-order valence-corrected chi connectivity index (χ4v) is 3.85. The van der Waals surface area contributed by atoms with Crippen LogP contribution in [-0.2, 0) is 19.1 Å². The Bertz CT molecular complexity index is 701. The van der Waals surface area contributed by atoms with Gasteiger partial charge in [0, 0.05) is 5.57 Å². The molecule has 1 aromatic rings. The van der Waals surface area contributed by atoms with E-state index in [1.54, 1.807) is 12.2 Å². The highest BCUT2D eigenvalue weighted by Crippen LogP contribution is 2.32. The van der Waals surface area contributed by atoms with Gasteiger partial charge in [-0.3, -0.25) is 14.4 Å². The molecule has 1 heterocycles. The van der Waals surface area contributed by atoms with Crippen LogP contribution in [0.4, 0.5) is 0 Å². The lowest BCUT2D eigenvalue weighted by Gasteiger charge is -2.27. The van der Waals surface area contributed by atoms with Crippen LogP contribution in [0, 0.1) is 11.8 Å². The molecule has 3 unspecified atom stereocenters. The molecule has 5 nitrogen and oxygen atoms in total. The van der Waals surface area contributed by atoms with Gasteiger partial charge in [-0.15, -0.1) is 0 Å². The minimum absolute atomic E-state index is 0.183. The van der Waals surface area contributed by atoms with Gasteiger partial charge < -0.3 is 9.84 Å². The number of allylic oxidation sites excluding steroid dienone is 1. The smallest absolute Gasteiger partial charge is 0.310 e. The average Bonchev–Trinajstić information content (AvgIpc) is 3.20. The second kappa shape index (κ2) is 7.13. The molecule has 0 radical (unpaired) electrons. The second-order valence-corrected chi connectivity index (χ2v) is 6.85. The number of ketones is 1. The molecule has 126 valence electrons. The summed E-state index contributed by atoms with van der Waals surface area (Å²) in [5.41, 5.74) is 1.29. The van der Waals surface area contributed by atoms with Gasteiger partial charge >= 0.3 is 11.9 Å². The number of hydrogen-bond donors (Lipinski definition) is 1. The molecule has 6 heteroatoms. The lowest BCUT2D eigenvalue weighted by molar-refractivity contribution is -0.161. The van der Waals surface area contributed by atoms with Crippen LogP contribution in [-0.4, -0.2) is 28.9 Å². The molecule has 0 spiro atoms. The lowest BCUT2D eigenvalue weighted by Crippen LogP contribution is -2.35. The van der Waals surface area contributed by atoms with E-state index in [4.69, 9.17) is 4.74 Å². The van der Waals surface area contributed by atoms with Gasteiger partial charge in [-0.2, -0.15) is 11.3 Å². The molecule has 0 aliphatic heterocycles. The monoisotopic (exact) mass is 346 g/mol. The quantitative estimate of drug-likeness (QED) is 0.669. The number of hydrogen-bond acceptors (Lipinski definition) is 5. The topological polar surface area (TPSA) is 80.7 Å². The van der Waals surface area contributed by atoms with Crippen molar-refractivity contribution >= 4 is 35.1 Å². The van der Waals surface area contributed by atoms with Crippen molar-refractivity contribution in [3.05, 3.63) is 40.1 Å². The van der Waals surface area contributed by atoms with Crippen molar-refractivity contribution in [2.75, 3.05) is 0 Å². The number of aliphatic carboxylic acids is 1. The van der Waals surface area contributed by atoms with Gasteiger partial charge in [0.2, 0.25) is 0 Å². The Kier molecular flexibility index (Phi) is 4.94. The zero-order chi connectivity index (χ0) is 17.1. The summed E-state index contributed by atoms with van der Waals surface area (Å²) in [6.45, 7) is 0. The molecular weight excluding hydrogens is 328 g/mol. The SMILES string of the molecule is O=C1C=CC(OC(=O)C2CCCCC2C(=O)O)C1=Cc1ccsc1. The van der Waals surface area contributed by atoms with Crippen molar-refractivity contribution in [2.24, 2.45) is 11.8 Å². The van der Waals surface area contributed by atoms with Gasteiger partial charge in [-0.25, -0.2) is 0 Å². The van der Waals surface area contributed by atoms with Crippen LogP contribution in [0.5, 0.6) is 0 Å². The van der Waals surface area contributed by atoms with Crippen molar-refractivity contribution in [1.29, 1.82) is 0 Å².